The van der Waals surface area contributed by atoms with Crippen LogP contribution in [0, 0.1) is 6.92 Å². The predicted molar refractivity (Wildman–Crippen MR) is 215 cm³/mol. The number of hydrogen-bond acceptors (Lipinski definition) is 3. The number of rotatable bonds is 5. The van der Waals surface area contributed by atoms with Crippen LogP contribution >= 0.6 is 0 Å². The highest BCUT2D eigenvalue weighted by Gasteiger charge is 2.43. The lowest BCUT2D eigenvalue weighted by Crippen LogP contribution is -2.59. The highest BCUT2D eigenvalue weighted by molar-refractivity contribution is 7.00. The minimum atomic E-state index is -0.0428. The first-order valence-corrected chi connectivity index (χ1v) is 17.6. The second-order valence-electron chi connectivity index (χ2n) is 13.4. The maximum absolute atomic E-state index is 6.85. The molecule has 0 aromatic heterocycles. The largest absolute Gasteiger partial charge is 0.458 e. The minimum Gasteiger partial charge on any atom is -0.458 e. The van der Waals surface area contributed by atoms with Crippen LogP contribution in [0.25, 0.3) is 21.9 Å². The Morgan fingerprint density at radius 1 is 0.490 bits per heavy atom. The molecule has 2 heterocycles. The van der Waals surface area contributed by atoms with Gasteiger partial charge in [0.2, 0.25) is 0 Å². The van der Waals surface area contributed by atoms with Crippen molar-refractivity contribution in [3.63, 3.8) is 0 Å². The number of hydrogen-bond donors (Lipinski definition) is 0. The van der Waals surface area contributed by atoms with Crippen molar-refractivity contribution in [1.29, 1.82) is 0 Å². The number of fused-ring (bicyclic) bond motifs is 6. The molecule has 0 saturated heterocycles. The molecule has 0 spiro atoms. The predicted octanol–water partition coefficient (Wildman–Crippen LogP) is 10.7. The van der Waals surface area contributed by atoms with Gasteiger partial charge in [-0.05, 0) is 106 Å². The van der Waals surface area contributed by atoms with Gasteiger partial charge in [-0.25, -0.2) is 0 Å². The maximum Gasteiger partial charge on any atom is 0.257 e. The van der Waals surface area contributed by atoms with Gasteiger partial charge in [0.1, 0.15) is 11.5 Å². The van der Waals surface area contributed by atoms with Gasteiger partial charge in [0.15, 0.2) is 0 Å². The summed E-state index contributed by atoms with van der Waals surface area (Å²) in [6.07, 6.45) is 0. The summed E-state index contributed by atoms with van der Waals surface area (Å²) >= 11 is 0. The Morgan fingerprint density at radius 2 is 1.08 bits per heavy atom. The van der Waals surface area contributed by atoms with Crippen molar-refractivity contribution in [3.8, 4) is 22.6 Å². The Balaban J connectivity index is 1.33. The molecule has 0 atom stereocenters. The molecule has 0 aliphatic carbocycles. The molecule has 0 bridgehead atoms. The molecule has 4 heteroatoms. The molecular weight excluding hydrogens is 619 g/mol. The Labute approximate surface area is 298 Å². The summed E-state index contributed by atoms with van der Waals surface area (Å²) in [6, 6.07) is 65.4. The minimum absolute atomic E-state index is 0.0428. The normalized spacial score (nSPS) is 12.5. The molecule has 0 N–H and O–H groups in total. The topological polar surface area (TPSA) is 15.7 Å². The average molecular weight is 653 g/mol. The van der Waals surface area contributed by atoms with E-state index in [-0.39, 0.29) is 6.71 Å². The molecule has 240 valence electrons. The monoisotopic (exact) mass is 652 g/mol. The van der Waals surface area contributed by atoms with Crippen LogP contribution in [0.4, 0.5) is 34.1 Å². The summed E-state index contributed by atoms with van der Waals surface area (Å²) in [6.45, 7) is 2.12. The molecule has 3 nitrogen and oxygen atoms in total. The lowest BCUT2D eigenvalue weighted by molar-refractivity contribution is 0.487. The molecule has 8 aromatic carbocycles. The van der Waals surface area contributed by atoms with E-state index in [1.807, 2.05) is 0 Å². The van der Waals surface area contributed by atoms with Gasteiger partial charge >= 0.3 is 0 Å². The second-order valence-corrected chi connectivity index (χ2v) is 13.4. The van der Waals surface area contributed by atoms with Crippen LogP contribution in [0.5, 0.6) is 11.5 Å². The van der Waals surface area contributed by atoms with Crippen molar-refractivity contribution in [2.45, 2.75) is 6.92 Å². The smallest absolute Gasteiger partial charge is 0.257 e. The summed E-state index contributed by atoms with van der Waals surface area (Å²) in [7, 11) is 0. The molecule has 0 unspecified atom stereocenters. The first-order chi connectivity index (χ1) is 25.2. The Bertz CT molecular complexity index is 2530. The molecule has 10 rings (SSSR count). The summed E-state index contributed by atoms with van der Waals surface area (Å²) in [5, 5.41) is 2.42. The second kappa shape index (κ2) is 11.8. The number of benzene rings is 8. The first kappa shape index (κ1) is 29.4. The third-order valence-corrected chi connectivity index (χ3v) is 10.3. The van der Waals surface area contributed by atoms with Crippen molar-refractivity contribution in [3.05, 3.63) is 188 Å². The molecule has 0 saturated carbocycles. The summed E-state index contributed by atoms with van der Waals surface area (Å²) < 4.78 is 6.85. The summed E-state index contributed by atoms with van der Waals surface area (Å²) in [5.74, 6) is 1.83. The van der Waals surface area contributed by atoms with Gasteiger partial charge in [-0.2, -0.15) is 0 Å². The fourth-order valence-electron chi connectivity index (χ4n) is 8.16. The van der Waals surface area contributed by atoms with Crippen molar-refractivity contribution in [2.75, 3.05) is 9.80 Å². The van der Waals surface area contributed by atoms with E-state index in [0.717, 1.165) is 45.5 Å². The molecule has 2 aliphatic heterocycles. The first-order valence-electron chi connectivity index (χ1n) is 17.6. The van der Waals surface area contributed by atoms with E-state index >= 15 is 0 Å². The van der Waals surface area contributed by atoms with Crippen LogP contribution in [-0.4, -0.2) is 6.71 Å². The molecule has 2 aliphatic rings. The zero-order chi connectivity index (χ0) is 33.9. The van der Waals surface area contributed by atoms with E-state index < -0.39 is 0 Å². The fourth-order valence-corrected chi connectivity index (χ4v) is 8.16. The van der Waals surface area contributed by atoms with Crippen LogP contribution in [0.1, 0.15) is 5.56 Å². The number of nitrogens with zero attached hydrogens (tertiary/aromatic N) is 2. The van der Waals surface area contributed by atoms with Crippen molar-refractivity contribution < 1.29 is 4.74 Å². The van der Waals surface area contributed by atoms with E-state index in [1.54, 1.807) is 0 Å². The SMILES string of the molecule is Cc1cc2c3c(c1)N(c1ccccc1)c1cc(N(c4ccccc4)c4ccccc4)c4ccccc4c1B3c1cc(-c3ccccc3)ccc1O2. The van der Waals surface area contributed by atoms with Gasteiger partial charge in [-0.15, -0.1) is 0 Å². The Hall–Kier alpha value is -6.52. The van der Waals surface area contributed by atoms with E-state index in [0.29, 0.717) is 0 Å². The van der Waals surface area contributed by atoms with Gasteiger partial charge in [-0.3, -0.25) is 0 Å². The van der Waals surface area contributed by atoms with Crippen LogP contribution in [0.2, 0.25) is 0 Å². The van der Waals surface area contributed by atoms with E-state index in [1.165, 1.54) is 44.0 Å². The van der Waals surface area contributed by atoms with Crippen LogP contribution in [-0.2, 0) is 0 Å². The van der Waals surface area contributed by atoms with Crippen LogP contribution < -0.4 is 30.9 Å². The lowest BCUT2D eigenvalue weighted by atomic mass is 9.33. The van der Waals surface area contributed by atoms with Gasteiger partial charge in [-0.1, -0.05) is 121 Å². The average Bonchev–Trinajstić information content (AvgIpc) is 3.19. The molecule has 51 heavy (non-hydrogen) atoms. The molecule has 0 amide bonds. The van der Waals surface area contributed by atoms with E-state index in [4.69, 9.17) is 4.74 Å². The fraction of sp³-hybridized carbons (Fsp3) is 0.0213. The number of aryl methyl sites for hydroxylation is 1. The highest BCUT2D eigenvalue weighted by atomic mass is 16.5. The van der Waals surface area contributed by atoms with Gasteiger partial charge < -0.3 is 14.5 Å². The summed E-state index contributed by atoms with van der Waals surface area (Å²) in [5.41, 5.74) is 14.0. The van der Waals surface area contributed by atoms with Gasteiger partial charge in [0.25, 0.3) is 6.71 Å². The zero-order valence-corrected chi connectivity index (χ0v) is 28.2. The number of anilines is 6. The van der Waals surface area contributed by atoms with Crippen LogP contribution in [0.15, 0.2) is 182 Å². The van der Waals surface area contributed by atoms with E-state index in [2.05, 4.69) is 199 Å². The van der Waals surface area contributed by atoms with Crippen molar-refractivity contribution in [2.24, 2.45) is 0 Å². The van der Waals surface area contributed by atoms with Gasteiger partial charge in [0, 0.05) is 33.8 Å². The number of para-hydroxylation sites is 3. The zero-order valence-electron chi connectivity index (χ0n) is 28.2. The van der Waals surface area contributed by atoms with Crippen molar-refractivity contribution in [1.82, 2.24) is 0 Å². The molecule has 0 radical (unpaired) electrons. The van der Waals surface area contributed by atoms with Crippen molar-refractivity contribution >= 4 is 68.0 Å². The quantitative estimate of drug-likeness (QED) is 0.172. The molecular formula is C47H33BN2O. The lowest BCUT2D eigenvalue weighted by Gasteiger charge is -2.42. The van der Waals surface area contributed by atoms with Crippen LogP contribution in [0.3, 0.4) is 0 Å². The highest BCUT2D eigenvalue weighted by Crippen LogP contribution is 2.47. The number of ether oxygens (including phenoxy) is 1. The molecule has 0 fully saturated rings. The Kier molecular flexibility index (Phi) is 6.82. The standard InChI is InChI=1S/C47H33BN2O/c1-32-28-42-47-45(29-32)51-44-27-26-34(33-16-6-2-7-17-33)30-40(44)48(47)46-39-25-15-14-24-38(39)41(31-43(46)50(42)37-22-12-5-13-23-37)49(35-18-8-3-9-19-35)36-20-10-4-11-21-36/h2-31H,1H3. The Morgan fingerprint density at radius 3 is 1.76 bits per heavy atom. The molecule has 8 aromatic rings. The third kappa shape index (κ3) is 4.75. The van der Waals surface area contributed by atoms with Gasteiger partial charge in [0.05, 0.1) is 5.69 Å². The van der Waals surface area contributed by atoms with E-state index in [9.17, 15) is 0 Å². The summed E-state index contributed by atoms with van der Waals surface area (Å²) in [4.78, 5) is 4.85. The maximum atomic E-state index is 6.85. The third-order valence-electron chi connectivity index (χ3n) is 10.3.